The van der Waals surface area contributed by atoms with E-state index in [1.807, 2.05) is 18.2 Å². The van der Waals surface area contributed by atoms with Crippen LogP contribution in [0.3, 0.4) is 0 Å². The van der Waals surface area contributed by atoms with Gasteiger partial charge in [-0.3, -0.25) is 0 Å². The summed E-state index contributed by atoms with van der Waals surface area (Å²) in [5, 5.41) is 12.5. The van der Waals surface area contributed by atoms with E-state index in [1.54, 1.807) is 0 Å². The molecule has 0 bridgehead atoms. The van der Waals surface area contributed by atoms with Crippen molar-refractivity contribution in [3.05, 3.63) is 35.4 Å². The van der Waals surface area contributed by atoms with Crippen LogP contribution in [0.4, 0.5) is 5.69 Å². The Morgan fingerprint density at radius 2 is 2.20 bits per heavy atom. The van der Waals surface area contributed by atoms with E-state index in [0.717, 1.165) is 24.2 Å². The zero-order chi connectivity index (χ0) is 14.4. The van der Waals surface area contributed by atoms with E-state index in [2.05, 4.69) is 31.7 Å². The highest BCUT2D eigenvalue weighted by molar-refractivity contribution is 6.21. The molecule has 0 aromatic heterocycles. The second-order valence-electron chi connectivity index (χ2n) is 5.65. The maximum atomic E-state index is 10.3. The first-order valence-corrected chi connectivity index (χ1v) is 7.62. The third-order valence-electron chi connectivity index (χ3n) is 4.43. The summed E-state index contributed by atoms with van der Waals surface area (Å²) in [6.45, 7) is 8.18. The standard InChI is InChI=1S/C17H20ClNO/c1-4-19-9-13(11(3)18)17-14(19)8-15(20)12-7-5-6-10(2)16(12)17/h5-8,11,13,20H,4,9H2,1-3H3. The predicted molar refractivity (Wildman–Crippen MR) is 86.3 cm³/mol. The fourth-order valence-electron chi connectivity index (χ4n) is 3.39. The van der Waals surface area contributed by atoms with Crippen LogP contribution in [0.5, 0.6) is 5.75 Å². The molecule has 1 aliphatic rings. The molecular weight excluding hydrogens is 270 g/mol. The summed E-state index contributed by atoms with van der Waals surface area (Å²) in [7, 11) is 0. The van der Waals surface area contributed by atoms with Crippen LogP contribution in [-0.2, 0) is 0 Å². The van der Waals surface area contributed by atoms with Crippen LogP contribution in [-0.4, -0.2) is 23.6 Å². The second kappa shape index (κ2) is 4.85. The quantitative estimate of drug-likeness (QED) is 0.828. The minimum Gasteiger partial charge on any atom is -0.507 e. The van der Waals surface area contributed by atoms with Gasteiger partial charge in [0.15, 0.2) is 0 Å². The zero-order valence-corrected chi connectivity index (χ0v) is 12.9. The van der Waals surface area contributed by atoms with Crippen molar-refractivity contribution in [1.29, 1.82) is 0 Å². The fraction of sp³-hybridized carbons (Fsp3) is 0.412. The zero-order valence-electron chi connectivity index (χ0n) is 12.2. The monoisotopic (exact) mass is 289 g/mol. The van der Waals surface area contributed by atoms with Crippen molar-refractivity contribution in [2.24, 2.45) is 0 Å². The van der Waals surface area contributed by atoms with Gasteiger partial charge in [0, 0.05) is 41.5 Å². The Labute approximate surface area is 125 Å². The molecule has 20 heavy (non-hydrogen) atoms. The number of fused-ring (bicyclic) bond motifs is 3. The van der Waals surface area contributed by atoms with Crippen molar-refractivity contribution >= 4 is 28.1 Å². The number of nitrogens with zero attached hydrogens (tertiary/aromatic N) is 1. The number of likely N-dealkylation sites (N-methyl/N-ethyl adjacent to an activating group) is 1. The normalized spacial score (nSPS) is 19.4. The average Bonchev–Trinajstić information content (AvgIpc) is 2.77. The molecule has 2 atom stereocenters. The van der Waals surface area contributed by atoms with Crippen LogP contribution in [0.25, 0.3) is 10.8 Å². The molecule has 0 spiro atoms. The molecule has 0 radical (unpaired) electrons. The van der Waals surface area contributed by atoms with Crippen molar-refractivity contribution in [1.82, 2.24) is 0 Å². The van der Waals surface area contributed by atoms with Crippen molar-refractivity contribution in [2.75, 3.05) is 18.0 Å². The average molecular weight is 290 g/mol. The van der Waals surface area contributed by atoms with Gasteiger partial charge < -0.3 is 10.0 Å². The van der Waals surface area contributed by atoms with E-state index in [4.69, 9.17) is 11.6 Å². The van der Waals surface area contributed by atoms with Gasteiger partial charge in [0.1, 0.15) is 5.75 Å². The Morgan fingerprint density at radius 1 is 1.45 bits per heavy atom. The van der Waals surface area contributed by atoms with Gasteiger partial charge in [-0.05, 0) is 37.3 Å². The topological polar surface area (TPSA) is 23.5 Å². The molecule has 0 saturated carbocycles. The number of hydrogen-bond donors (Lipinski definition) is 1. The molecule has 0 fully saturated rings. The lowest BCUT2D eigenvalue weighted by Crippen LogP contribution is -2.23. The highest BCUT2D eigenvalue weighted by Gasteiger charge is 2.33. The molecule has 0 aliphatic carbocycles. The van der Waals surface area contributed by atoms with Crippen LogP contribution >= 0.6 is 11.6 Å². The van der Waals surface area contributed by atoms with E-state index in [1.165, 1.54) is 16.5 Å². The molecule has 106 valence electrons. The van der Waals surface area contributed by atoms with Crippen molar-refractivity contribution < 1.29 is 5.11 Å². The third-order valence-corrected chi connectivity index (χ3v) is 4.74. The van der Waals surface area contributed by atoms with E-state index < -0.39 is 0 Å². The summed E-state index contributed by atoms with van der Waals surface area (Å²) in [6.07, 6.45) is 0. The molecule has 3 heteroatoms. The van der Waals surface area contributed by atoms with Crippen LogP contribution in [0.1, 0.15) is 30.9 Å². The minimum atomic E-state index is 0.0812. The first kappa shape index (κ1) is 13.6. The summed E-state index contributed by atoms with van der Waals surface area (Å²) < 4.78 is 0. The number of aryl methyl sites for hydroxylation is 1. The van der Waals surface area contributed by atoms with Gasteiger partial charge in [-0.25, -0.2) is 0 Å². The molecule has 1 heterocycles. The second-order valence-corrected chi connectivity index (χ2v) is 6.34. The van der Waals surface area contributed by atoms with Gasteiger partial charge in [-0.2, -0.15) is 0 Å². The number of benzene rings is 2. The lowest BCUT2D eigenvalue weighted by atomic mass is 9.90. The molecule has 1 N–H and O–H groups in total. The first-order chi connectivity index (χ1) is 9.54. The Balaban J connectivity index is 2.38. The summed E-state index contributed by atoms with van der Waals surface area (Å²) in [5.41, 5.74) is 3.65. The number of alkyl halides is 1. The smallest absolute Gasteiger partial charge is 0.125 e. The summed E-state index contributed by atoms with van der Waals surface area (Å²) >= 11 is 6.44. The van der Waals surface area contributed by atoms with Crippen LogP contribution in [0.2, 0.25) is 0 Å². The Bertz CT molecular complexity index is 666. The maximum Gasteiger partial charge on any atom is 0.125 e. The number of phenolic OH excluding ortho intramolecular Hbond substituents is 1. The first-order valence-electron chi connectivity index (χ1n) is 7.18. The lowest BCUT2D eigenvalue weighted by molar-refractivity contribution is 0.481. The summed E-state index contributed by atoms with van der Waals surface area (Å²) in [4.78, 5) is 2.31. The van der Waals surface area contributed by atoms with E-state index >= 15 is 0 Å². The molecule has 0 amide bonds. The number of hydrogen-bond acceptors (Lipinski definition) is 2. The lowest BCUT2D eigenvalue weighted by Gasteiger charge is -2.18. The maximum absolute atomic E-state index is 10.3. The molecular formula is C17H20ClNO. The number of aromatic hydroxyl groups is 1. The van der Waals surface area contributed by atoms with Gasteiger partial charge in [0.2, 0.25) is 0 Å². The molecule has 2 unspecified atom stereocenters. The third kappa shape index (κ3) is 1.86. The molecule has 1 aliphatic heterocycles. The van der Waals surface area contributed by atoms with Crippen LogP contribution in [0.15, 0.2) is 24.3 Å². The van der Waals surface area contributed by atoms with Crippen LogP contribution in [0, 0.1) is 6.92 Å². The highest BCUT2D eigenvalue weighted by Crippen LogP contribution is 2.47. The Morgan fingerprint density at radius 3 is 2.85 bits per heavy atom. The van der Waals surface area contributed by atoms with E-state index in [-0.39, 0.29) is 5.38 Å². The molecule has 0 saturated heterocycles. The molecule has 2 nitrogen and oxygen atoms in total. The predicted octanol–water partition coefficient (Wildman–Crippen LogP) is 4.40. The Hall–Kier alpha value is -1.41. The molecule has 2 aromatic carbocycles. The van der Waals surface area contributed by atoms with Gasteiger partial charge >= 0.3 is 0 Å². The number of phenols is 1. The number of anilines is 1. The van der Waals surface area contributed by atoms with E-state index in [0.29, 0.717) is 11.7 Å². The SMILES string of the molecule is CCN1CC(C(C)Cl)c2c1cc(O)c1cccc(C)c21. The van der Waals surface area contributed by atoms with Gasteiger partial charge in [0.05, 0.1) is 0 Å². The Kier molecular flexibility index (Phi) is 3.29. The minimum absolute atomic E-state index is 0.0812. The molecule has 2 aromatic rings. The number of rotatable bonds is 2. The van der Waals surface area contributed by atoms with Gasteiger partial charge in [-0.15, -0.1) is 11.6 Å². The van der Waals surface area contributed by atoms with Crippen molar-refractivity contribution in [3.63, 3.8) is 0 Å². The number of halogens is 1. The van der Waals surface area contributed by atoms with Gasteiger partial charge in [-0.1, -0.05) is 18.2 Å². The van der Waals surface area contributed by atoms with Crippen molar-refractivity contribution in [2.45, 2.75) is 32.1 Å². The molecule has 3 rings (SSSR count). The summed E-state index contributed by atoms with van der Waals surface area (Å²) in [6, 6.07) is 7.99. The largest absolute Gasteiger partial charge is 0.507 e. The summed E-state index contributed by atoms with van der Waals surface area (Å²) in [5.74, 6) is 0.680. The van der Waals surface area contributed by atoms with Crippen LogP contribution < -0.4 is 4.90 Å². The van der Waals surface area contributed by atoms with E-state index in [9.17, 15) is 5.11 Å². The van der Waals surface area contributed by atoms with Crippen molar-refractivity contribution in [3.8, 4) is 5.75 Å². The fourth-order valence-corrected chi connectivity index (χ4v) is 3.60. The van der Waals surface area contributed by atoms with Gasteiger partial charge in [0.25, 0.3) is 0 Å². The highest BCUT2D eigenvalue weighted by atomic mass is 35.5.